The lowest BCUT2D eigenvalue weighted by Gasteiger charge is -2.35. The molecule has 0 radical (unpaired) electrons. The van der Waals surface area contributed by atoms with Crippen molar-refractivity contribution in [3.63, 3.8) is 0 Å². The SMILES string of the molecule is CCOc1cc([C@H](C)N2CCc3c(cc(CCN(C)CC)cc3-c3cn(C)c(=O)c(Cl)c3C)C2=O)ncc1C#N. The molecule has 210 valence electrons. The Morgan fingerprint density at radius 3 is 2.60 bits per heavy atom. The number of carbonyl (C=O) groups is 1. The van der Waals surface area contributed by atoms with Gasteiger partial charge < -0.3 is 19.1 Å². The summed E-state index contributed by atoms with van der Waals surface area (Å²) in [5.74, 6) is 0.400. The van der Waals surface area contributed by atoms with Crippen molar-refractivity contribution >= 4 is 17.5 Å². The third-order valence-corrected chi connectivity index (χ3v) is 8.23. The van der Waals surface area contributed by atoms with Gasteiger partial charge in [0.25, 0.3) is 11.5 Å². The van der Waals surface area contributed by atoms with Gasteiger partial charge in [-0.15, -0.1) is 0 Å². The summed E-state index contributed by atoms with van der Waals surface area (Å²) in [4.78, 5) is 35.1. The maximum Gasteiger partial charge on any atom is 0.269 e. The maximum atomic E-state index is 14.1. The summed E-state index contributed by atoms with van der Waals surface area (Å²) in [6.07, 6.45) is 4.74. The van der Waals surface area contributed by atoms with Gasteiger partial charge in [0, 0.05) is 49.7 Å². The fourth-order valence-electron chi connectivity index (χ4n) is 5.17. The highest BCUT2D eigenvalue weighted by molar-refractivity contribution is 6.31. The number of nitriles is 1. The highest BCUT2D eigenvalue weighted by Gasteiger charge is 2.32. The average molecular weight is 562 g/mol. The van der Waals surface area contributed by atoms with E-state index in [4.69, 9.17) is 16.3 Å². The summed E-state index contributed by atoms with van der Waals surface area (Å²) in [6, 6.07) is 7.71. The number of amides is 1. The first-order valence-corrected chi connectivity index (χ1v) is 14.0. The van der Waals surface area contributed by atoms with Gasteiger partial charge in [-0.1, -0.05) is 24.6 Å². The zero-order chi connectivity index (χ0) is 29.1. The fourth-order valence-corrected chi connectivity index (χ4v) is 5.40. The molecule has 0 spiro atoms. The number of aromatic nitrogens is 2. The molecule has 1 atom stereocenters. The third kappa shape index (κ3) is 5.63. The first-order valence-electron chi connectivity index (χ1n) is 13.6. The molecule has 8 nitrogen and oxygen atoms in total. The second-order valence-electron chi connectivity index (χ2n) is 10.3. The molecule has 0 saturated carbocycles. The van der Waals surface area contributed by atoms with E-state index in [-0.39, 0.29) is 22.5 Å². The minimum atomic E-state index is -0.320. The number of hydrogen-bond acceptors (Lipinski definition) is 6. The minimum absolute atomic E-state index is 0.0709. The Morgan fingerprint density at radius 2 is 1.93 bits per heavy atom. The summed E-state index contributed by atoms with van der Waals surface area (Å²) >= 11 is 6.45. The van der Waals surface area contributed by atoms with Crippen LogP contribution < -0.4 is 10.3 Å². The van der Waals surface area contributed by atoms with E-state index in [9.17, 15) is 14.9 Å². The number of rotatable bonds is 9. The van der Waals surface area contributed by atoms with Crippen LogP contribution in [0.25, 0.3) is 11.1 Å². The van der Waals surface area contributed by atoms with Crippen LogP contribution in [0.5, 0.6) is 5.75 Å². The summed E-state index contributed by atoms with van der Waals surface area (Å²) < 4.78 is 7.16. The van der Waals surface area contributed by atoms with Crippen molar-refractivity contribution in [2.24, 2.45) is 7.05 Å². The van der Waals surface area contributed by atoms with Gasteiger partial charge in [-0.05, 0) is 75.5 Å². The number of hydrogen-bond donors (Lipinski definition) is 0. The Balaban J connectivity index is 1.80. The topological polar surface area (TPSA) is 91.5 Å². The number of nitrogens with zero attached hydrogens (tertiary/aromatic N) is 5. The summed E-state index contributed by atoms with van der Waals surface area (Å²) in [7, 11) is 3.77. The summed E-state index contributed by atoms with van der Waals surface area (Å²) in [5.41, 5.74) is 5.98. The van der Waals surface area contributed by atoms with Crippen molar-refractivity contribution < 1.29 is 9.53 Å². The van der Waals surface area contributed by atoms with Crippen LogP contribution in [-0.2, 0) is 19.9 Å². The van der Waals surface area contributed by atoms with Crippen molar-refractivity contribution in [2.45, 2.75) is 46.6 Å². The lowest BCUT2D eigenvalue weighted by atomic mass is 9.86. The molecule has 3 aromatic rings. The first kappa shape index (κ1) is 29.3. The molecular weight excluding hydrogens is 526 g/mol. The molecule has 0 N–H and O–H groups in total. The highest BCUT2D eigenvalue weighted by atomic mass is 35.5. The van der Waals surface area contributed by atoms with Crippen LogP contribution in [0, 0.1) is 18.3 Å². The van der Waals surface area contributed by atoms with Gasteiger partial charge >= 0.3 is 0 Å². The Morgan fingerprint density at radius 1 is 1.20 bits per heavy atom. The number of benzene rings is 1. The molecule has 1 aromatic carbocycles. The van der Waals surface area contributed by atoms with E-state index in [1.807, 2.05) is 37.9 Å². The highest BCUT2D eigenvalue weighted by Crippen LogP contribution is 2.37. The maximum absolute atomic E-state index is 14.1. The molecule has 4 rings (SSSR count). The Kier molecular flexibility index (Phi) is 8.97. The molecule has 3 heterocycles. The number of pyridine rings is 2. The van der Waals surface area contributed by atoms with Gasteiger partial charge in [0.2, 0.25) is 0 Å². The molecule has 1 amide bonds. The van der Waals surface area contributed by atoms with Crippen molar-refractivity contribution in [2.75, 3.05) is 33.3 Å². The molecule has 1 aliphatic rings. The largest absolute Gasteiger partial charge is 0.492 e. The van der Waals surface area contributed by atoms with Crippen LogP contribution in [0.1, 0.15) is 65.1 Å². The quantitative estimate of drug-likeness (QED) is 0.368. The second-order valence-corrected chi connectivity index (χ2v) is 10.7. The zero-order valence-electron chi connectivity index (χ0n) is 24.0. The molecule has 0 aliphatic carbocycles. The smallest absolute Gasteiger partial charge is 0.269 e. The molecule has 0 bridgehead atoms. The van der Waals surface area contributed by atoms with Crippen LogP contribution in [0.15, 0.2) is 35.4 Å². The monoisotopic (exact) mass is 561 g/mol. The van der Waals surface area contributed by atoms with Crippen LogP contribution in [-0.4, -0.2) is 58.5 Å². The fraction of sp³-hybridized carbons (Fsp3) is 0.419. The van der Waals surface area contributed by atoms with Gasteiger partial charge in [0.05, 0.1) is 18.3 Å². The van der Waals surface area contributed by atoms with E-state index in [0.717, 1.165) is 41.8 Å². The molecule has 0 unspecified atom stereocenters. The van der Waals surface area contributed by atoms with Gasteiger partial charge in [-0.25, -0.2) is 0 Å². The van der Waals surface area contributed by atoms with E-state index >= 15 is 0 Å². The number of likely N-dealkylation sites (N-methyl/N-ethyl adjacent to an activating group) is 1. The number of aryl methyl sites for hydroxylation is 1. The van der Waals surface area contributed by atoms with Crippen LogP contribution in [0.2, 0.25) is 5.02 Å². The van der Waals surface area contributed by atoms with Crippen molar-refractivity contribution in [1.29, 1.82) is 5.26 Å². The van der Waals surface area contributed by atoms with Gasteiger partial charge in [-0.3, -0.25) is 14.6 Å². The minimum Gasteiger partial charge on any atom is -0.492 e. The predicted molar refractivity (Wildman–Crippen MR) is 157 cm³/mol. The molecule has 9 heteroatoms. The van der Waals surface area contributed by atoms with E-state index in [2.05, 4.69) is 36.0 Å². The van der Waals surface area contributed by atoms with E-state index in [1.54, 1.807) is 13.1 Å². The van der Waals surface area contributed by atoms with E-state index in [0.29, 0.717) is 47.7 Å². The zero-order valence-corrected chi connectivity index (χ0v) is 24.8. The number of fused-ring (bicyclic) bond motifs is 1. The van der Waals surface area contributed by atoms with Crippen LogP contribution in [0.4, 0.5) is 0 Å². The average Bonchev–Trinajstić information content (AvgIpc) is 2.96. The summed E-state index contributed by atoms with van der Waals surface area (Å²) in [6.45, 7) is 10.5. The van der Waals surface area contributed by atoms with Crippen molar-refractivity contribution in [3.05, 3.63) is 79.5 Å². The standard InChI is InChI=1S/C31H36ClN5O3/c1-7-35(5)11-9-21-13-24(26-18-36(6)31(39)29(32)19(26)3)23-10-12-37(30(38)25(23)14-21)20(4)27-15-28(40-8-2)22(16-33)17-34-27/h13-15,17-18,20H,7-12H2,1-6H3/t20-/m0/s1. The normalized spacial score (nSPS) is 13.8. The van der Waals surface area contributed by atoms with Crippen molar-refractivity contribution in [3.8, 4) is 22.9 Å². The molecule has 2 aromatic heterocycles. The van der Waals surface area contributed by atoms with Gasteiger partial charge in [-0.2, -0.15) is 5.26 Å². The molecule has 0 saturated heterocycles. The second kappa shape index (κ2) is 12.2. The third-order valence-electron chi connectivity index (χ3n) is 7.78. The Bertz CT molecular complexity index is 1540. The molecular formula is C31H36ClN5O3. The molecule has 1 aliphatic heterocycles. The lowest BCUT2D eigenvalue weighted by Crippen LogP contribution is -2.40. The van der Waals surface area contributed by atoms with Crippen molar-refractivity contribution in [1.82, 2.24) is 19.4 Å². The summed E-state index contributed by atoms with van der Waals surface area (Å²) in [5, 5.41) is 9.61. The molecule has 40 heavy (non-hydrogen) atoms. The predicted octanol–water partition coefficient (Wildman–Crippen LogP) is 4.93. The van der Waals surface area contributed by atoms with Gasteiger partial charge in [0.1, 0.15) is 22.4 Å². The molecule has 0 fully saturated rings. The Hall–Kier alpha value is -3.67. The first-order chi connectivity index (χ1) is 19.1. The number of carbonyl (C=O) groups excluding carboxylic acids is 1. The number of ether oxygens (including phenoxy) is 1. The lowest BCUT2D eigenvalue weighted by molar-refractivity contribution is 0.0669. The number of halogens is 1. The van der Waals surface area contributed by atoms with Crippen LogP contribution >= 0.6 is 11.6 Å². The Labute approximate surface area is 240 Å². The van der Waals surface area contributed by atoms with Gasteiger partial charge in [0.15, 0.2) is 0 Å². The van der Waals surface area contributed by atoms with Crippen LogP contribution in [0.3, 0.4) is 0 Å². The van der Waals surface area contributed by atoms with E-state index < -0.39 is 0 Å². The van der Waals surface area contributed by atoms with E-state index in [1.165, 1.54) is 10.8 Å².